The Labute approximate surface area is 86.4 Å². The first-order chi connectivity index (χ1) is 4.23. The topological polar surface area (TPSA) is 9.23 Å². The van der Waals surface area contributed by atoms with Crippen molar-refractivity contribution in [3.05, 3.63) is 10.3 Å². The normalized spacial score (nSPS) is 14.7. The molecule has 56 valence electrons. The van der Waals surface area contributed by atoms with Crippen molar-refractivity contribution in [3.63, 3.8) is 0 Å². The van der Waals surface area contributed by atoms with Gasteiger partial charge >= 0.3 is 38.9 Å². The van der Waals surface area contributed by atoms with Gasteiger partial charge in [0.25, 0.3) is 0 Å². The third-order valence-electron chi connectivity index (χ3n) is 0.827. The zero-order valence-corrected chi connectivity index (χ0v) is 9.53. The van der Waals surface area contributed by atoms with Gasteiger partial charge in [0, 0.05) is 13.2 Å². The molecule has 1 saturated heterocycles. The van der Waals surface area contributed by atoms with E-state index in [2.05, 4.69) is 6.58 Å². The Hall–Kier alpha value is 0.946. The van der Waals surface area contributed by atoms with Gasteiger partial charge in [-0.25, -0.2) is 0 Å². The first kappa shape index (κ1) is 13.5. The van der Waals surface area contributed by atoms with Crippen LogP contribution >= 0.6 is 0 Å². The van der Waals surface area contributed by atoms with Crippen LogP contribution in [0.25, 0.3) is 0 Å². The van der Waals surface area contributed by atoms with Crippen LogP contribution in [0.1, 0.15) is 19.8 Å². The SMILES string of the molecule is C1CCOC1.C=[C](C)[Mg+].[Br-]. The number of hydrogen-bond acceptors (Lipinski definition) is 1. The van der Waals surface area contributed by atoms with E-state index in [1.165, 1.54) is 16.5 Å². The van der Waals surface area contributed by atoms with E-state index < -0.39 is 0 Å². The summed E-state index contributed by atoms with van der Waals surface area (Å²) >= 11 is 1.81. The molecule has 0 aromatic rings. The fourth-order valence-corrected chi connectivity index (χ4v) is 0.510. The van der Waals surface area contributed by atoms with Crippen LogP contribution in [0, 0.1) is 0 Å². The number of ether oxygens (including phenoxy) is 1. The molecule has 0 aliphatic carbocycles. The Bertz CT molecular complexity index is 70.1. The molecule has 1 fully saturated rings. The minimum Gasteiger partial charge on any atom is -1.00 e. The molecule has 3 heteroatoms. The zero-order valence-electron chi connectivity index (χ0n) is 6.53. The van der Waals surface area contributed by atoms with Crippen molar-refractivity contribution in [1.82, 2.24) is 0 Å². The molecule has 0 amide bonds. The molecule has 0 unspecified atom stereocenters. The third-order valence-corrected chi connectivity index (χ3v) is 0.827. The largest absolute Gasteiger partial charge is 1.00 e. The number of allylic oxidation sites excluding steroid dienone is 1. The molecule has 0 radical (unpaired) electrons. The molecule has 0 aromatic carbocycles. The van der Waals surface area contributed by atoms with E-state index in [1.807, 2.05) is 28.6 Å². The summed E-state index contributed by atoms with van der Waals surface area (Å²) in [7, 11) is 0. The summed E-state index contributed by atoms with van der Waals surface area (Å²) in [6.07, 6.45) is 2.56. The average molecular weight is 217 g/mol. The Morgan fingerprint density at radius 1 is 1.40 bits per heavy atom. The van der Waals surface area contributed by atoms with Crippen molar-refractivity contribution in [2.24, 2.45) is 0 Å². The fraction of sp³-hybridized carbons (Fsp3) is 0.714. The predicted molar refractivity (Wildman–Crippen MR) is 40.6 cm³/mol. The maximum atomic E-state index is 4.94. The predicted octanol–water partition coefficient (Wildman–Crippen LogP) is -1.51. The molecule has 0 aromatic heterocycles. The first-order valence-electron chi connectivity index (χ1n) is 3.28. The smallest absolute Gasteiger partial charge is 1.00 e. The van der Waals surface area contributed by atoms with Crippen molar-refractivity contribution in [1.29, 1.82) is 0 Å². The second-order valence-corrected chi connectivity index (χ2v) is 3.48. The summed E-state index contributed by atoms with van der Waals surface area (Å²) < 4.78 is 6.14. The maximum Gasteiger partial charge on any atom is -1.00 e. The van der Waals surface area contributed by atoms with E-state index in [0.29, 0.717) is 0 Å². The van der Waals surface area contributed by atoms with Crippen LogP contribution in [0.4, 0.5) is 0 Å². The van der Waals surface area contributed by atoms with E-state index >= 15 is 0 Å². The summed E-state index contributed by atoms with van der Waals surface area (Å²) in [6.45, 7) is 7.55. The van der Waals surface area contributed by atoms with Crippen LogP contribution in [0.2, 0.25) is 0 Å². The van der Waals surface area contributed by atoms with Gasteiger partial charge < -0.3 is 21.7 Å². The monoisotopic (exact) mass is 216 g/mol. The van der Waals surface area contributed by atoms with Crippen molar-refractivity contribution in [2.75, 3.05) is 13.2 Å². The number of rotatable bonds is 0. The molecule has 10 heavy (non-hydrogen) atoms. The summed E-state index contributed by atoms with van der Waals surface area (Å²) in [5.41, 5.74) is 0. The van der Waals surface area contributed by atoms with Gasteiger partial charge in [-0.05, 0) is 12.8 Å². The molecule has 1 heterocycles. The van der Waals surface area contributed by atoms with E-state index in [0.717, 1.165) is 13.2 Å². The van der Waals surface area contributed by atoms with E-state index in [1.54, 1.807) is 0 Å². The summed E-state index contributed by atoms with van der Waals surface area (Å²) in [4.78, 5) is 0. The summed E-state index contributed by atoms with van der Waals surface area (Å²) in [5.74, 6) is 0. The quantitative estimate of drug-likeness (QED) is 0.448. The second-order valence-electron chi connectivity index (χ2n) is 2.28. The Morgan fingerprint density at radius 3 is 1.80 bits per heavy atom. The third kappa shape index (κ3) is 16.0. The van der Waals surface area contributed by atoms with Crippen LogP contribution in [-0.4, -0.2) is 34.9 Å². The molecule has 1 aliphatic heterocycles. The molecule has 0 spiro atoms. The molecular formula is C7H13BrMgO. The van der Waals surface area contributed by atoms with E-state index in [4.69, 9.17) is 4.74 Å². The number of hydrogen-bond donors (Lipinski definition) is 0. The van der Waals surface area contributed by atoms with Crippen LogP contribution in [0.15, 0.2) is 10.3 Å². The standard InChI is InChI=1S/C4H8O.C3H5.BrH.Mg/c1-2-4-5-3-1;1-3-2;;/h1-4H2;1H2,2H3;1H;/q;;;+1/p-1. The Morgan fingerprint density at radius 2 is 1.70 bits per heavy atom. The molecule has 1 nitrogen and oxygen atoms in total. The van der Waals surface area contributed by atoms with Gasteiger partial charge in [0.05, 0.1) is 0 Å². The Kier molecular flexibility index (Phi) is 13.5. The average Bonchev–Trinajstić information content (AvgIpc) is 2.11. The van der Waals surface area contributed by atoms with Crippen LogP contribution < -0.4 is 17.0 Å². The zero-order chi connectivity index (χ0) is 7.11. The van der Waals surface area contributed by atoms with Gasteiger partial charge in [0.1, 0.15) is 0 Å². The van der Waals surface area contributed by atoms with Crippen LogP contribution in [0.5, 0.6) is 0 Å². The molecule has 0 N–H and O–H groups in total. The van der Waals surface area contributed by atoms with Gasteiger partial charge in [-0.1, -0.05) is 0 Å². The van der Waals surface area contributed by atoms with Crippen LogP contribution in [0.3, 0.4) is 0 Å². The fourth-order valence-electron chi connectivity index (χ4n) is 0.510. The number of halogens is 1. The van der Waals surface area contributed by atoms with Crippen molar-refractivity contribution < 1.29 is 21.7 Å². The Balaban J connectivity index is 0. The minimum absolute atomic E-state index is 0. The second kappa shape index (κ2) is 9.95. The van der Waals surface area contributed by atoms with Crippen molar-refractivity contribution >= 4 is 21.7 Å². The van der Waals surface area contributed by atoms with Gasteiger partial charge in [0.2, 0.25) is 0 Å². The van der Waals surface area contributed by atoms with Crippen molar-refractivity contribution in [3.8, 4) is 0 Å². The van der Waals surface area contributed by atoms with Gasteiger partial charge in [-0.3, -0.25) is 0 Å². The molecular weight excluding hydrogens is 204 g/mol. The summed E-state index contributed by atoms with van der Waals surface area (Å²) in [5, 5.41) is 0. The van der Waals surface area contributed by atoms with Gasteiger partial charge in [0.15, 0.2) is 0 Å². The van der Waals surface area contributed by atoms with E-state index in [-0.39, 0.29) is 17.0 Å². The summed E-state index contributed by atoms with van der Waals surface area (Å²) in [6, 6.07) is 0. The molecule has 0 atom stereocenters. The van der Waals surface area contributed by atoms with E-state index in [9.17, 15) is 0 Å². The molecule has 1 aliphatic rings. The maximum absolute atomic E-state index is 4.94. The first-order valence-corrected chi connectivity index (χ1v) is 3.99. The van der Waals surface area contributed by atoms with Crippen molar-refractivity contribution in [2.45, 2.75) is 19.8 Å². The molecule has 0 bridgehead atoms. The molecule has 0 saturated carbocycles. The minimum atomic E-state index is 0. The van der Waals surface area contributed by atoms with Gasteiger partial charge in [-0.2, -0.15) is 0 Å². The van der Waals surface area contributed by atoms with Gasteiger partial charge in [-0.15, -0.1) is 0 Å². The molecule has 1 rings (SSSR count). The van der Waals surface area contributed by atoms with Crippen LogP contribution in [-0.2, 0) is 4.74 Å².